The van der Waals surface area contributed by atoms with Gasteiger partial charge < -0.3 is 9.15 Å². The zero-order valence-electron chi connectivity index (χ0n) is 13.6. The average Bonchev–Trinajstić information content (AvgIpc) is 3.18. The second kappa shape index (κ2) is 7.05. The normalized spacial score (nSPS) is 10.6. The first kappa shape index (κ1) is 15.2. The van der Waals surface area contributed by atoms with Crippen LogP contribution in [0, 0.1) is 0 Å². The van der Waals surface area contributed by atoms with E-state index in [1.54, 1.807) is 0 Å². The maximum absolute atomic E-state index is 5.84. The van der Waals surface area contributed by atoms with Gasteiger partial charge in [-0.15, -0.1) is 0 Å². The molecule has 0 atom stereocenters. The zero-order chi connectivity index (χ0) is 16.9. The Kier molecular flexibility index (Phi) is 4.29. The van der Waals surface area contributed by atoms with E-state index in [-0.39, 0.29) is 0 Å². The van der Waals surface area contributed by atoms with Gasteiger partial charge in [0.05, 0.1) is 0 Å². The third-order valence-corrected chi connectivity index (χ3v) is 3.98. The van der Waals surface area contributed by atoms with Crippen molar-refractivity contribution in [3.05, 3.63) is 96.9 Å². The number of rotatable bonds is 5. The molecular formula is C22H17NO2. The summed E-state index contributed by atoms with van der Waals surface area (Å²) in [6.07, 6.45) is 1.48. The third-order valence-electron chi connectivity index (χ3n) is 3.98. The molecule has 0 fully saturated rings. The van der Waals surface area contributed by atoms with Gasteiger partial charge in [0.1, 0.15) is 18.1 Å². The summed E-state index contributed by atoms with van der Waals surface area (Å²) >= 11 is 0. The highest BCUT2D eigenvalue weighted by atomic mass is 16.5. The van der Waals surface area contributed by atoms with Crippen molar-refractivity contribution in [1.29, 1.82) is 0 Å². The molecule has 0 aliphatic carbocycles. The minimum absolute atomic E-state index is 0.555. The standard InChI is InChI=1S/C22H17NO2/c1-3-7-17(8-4-1)15-24-20-13-11-18(12-14-20)21-22(25-16-23-21)19-9-5-2-6-10-19/h1-14,16H,15H2. The number of ether oxygens (including phenoxy) is 1. The number of aromatic nitrogens is 1. The number of hydrogen-bond donors (Lipinski definition) is 0. The molecule has 1 aromatic heterocycles. The molecule has 0 aliphatic rings. The highest BCUT2D eigenvalue weighted by Crippen LogP contribution is 2.31. The topological polar surface area (TPSA) is 35.3 Å². The fraction of sp³-hybridized carbons (Fsp3) is 0.0455. The third kappa shape index (κ3) is 3.45. The summed E-state index contributed by atoms with van der Waals surface area (Å²) in [5.74, 6) is 1.61. The molecule has 3 aromatic carbocycles. The van der Waals surface area contributed by atoms with Crippen LogP contribution in [-0.4, -0.2) is 4.98 Å². The Morgan fingerprint density at radius 3 is 2.12 bits per heavy atom. The minimum atomic E-state index is 0.555. The predicted molar refractivity (Wildman–Crippen MR) is 98.1 cm³/mol. The molecule has 0 amide bonds. The number of nitrogens with zero attached hydrogens (tertiary/aromatic N) is 1. The van der Waals surface area contributed by atoms with Crippen molar-refractivity contribution in [2.45, 2.75) is 6.61 Å². The second-order valence-electron chi connectivity index (χ2n) is 5.69. The van der Waals surface area contributed by atoms with Crippen molar-refractivity contribution in [3.63, 3.8) is 0 Å². The summed E-state index contributed by atoms with van der Waals surface area (Å²) in [5.41, 5.74) is 3.99. The van der Waals surface area contributed by atoms with Crippen LogP contribution in [0.3, 0.4) is 0 Å². The molecule has 3 nitrogen and oxygen atoms in total. The lowest BCUT2D eigenvalue weighted by atomic mass is 10.1. The van der Waals surface area contributed by atoms with Crippen LogP contribution in [0.1, 0.15) is 5.56 Å². The summed E-state index contributed by atoms with van der Waals surface area (Å²) in [4.78, 5) is 4.38. The van der Waals surface area contributed by atoms with E-state index in [9.17, 15) is 0 Å². The van der Waals surface area contributed by atoms with Crippen molar-refractivity contribution in [2.75, 3.05) is 0 Å². The van der Waals surface area contributed by atoms with Crippen molar-refractivity contribution in [1.82, 2.24) is 4.98 Å². The maximum atomic E-state index is 5.84. The van der Waals surface area contributed by atoms with E-state index in [4.69, 9.17) is 9.15 Å². The Bertz CT molecular complexity index is 929. The maximum Gasteiger partial charge on any atom is 0.182 e. The smallest absolute Gasteiger partial charge is 0.182 e. The van der Waals surface area contributed by atoms with E-state index in [1.807, 2.05) is 72.8 Å². The predicted octanol–water partition coefficient (Wildman–Crippen LogP) is 5.59. The monoisotopic (exact) mass is 327 g/mol. The first-order valence-electron chi connectivity index (χ1n) is 8.16. The number of oxazole rings is 1. The molecule has 0 bridgehead atoms. The Morgan fingerprint density at radius 1 is 0.720 bits per heavy atom. The van der Waals surface area contributed by atoms with E-state index >= 15 is 0 Å². The first-order chi connectivity index (χ1) is 12.4. The van der Waals surface area contributed by atoms with Crippen LogP contribution in [-0.2, 0) is 6.61 Å². The van der Waals surface area contributed by atoms with Crippen LogP contribution in [0.4, 0.5) is 0 Å². The molecule has 0 saturated carbocycles. The van der Waals surface area contributed by atoms with Gasteiger partial charge in [-0.25, -0.2) is 4.98 Å². The summed E-state index contributed by atoms with van der Waals surface area (Å²) in [6, 6.07) is 28.0. The quantitative estimate of drug-likeness (QED) is 0.479. The van der Waals surface area contributed by atoms with E-state index in [2.05, 4.69) is 17.1 Å². The molecule has 0 spiro atoms. The summed E-state index contributed by atoms with van der Waals surface area (Å²) in [5, 5.41) is 0. The molecule has 1 heterocycles. The Labute approximate surface area is 146 Å². The molecule has 0 aliphatic heterocycles. The van der Waals surface area contributed by atoms with Gasteiger partial charge in [0.2, 0.25) is 0 Å². The highest BCUT2D eigenvalue weighted by molar-refractivity contribution is 5.76. The Morgan fingerprint density at radius 2 is 1.40 bits per heavy atom. The van der Waals surface area contributed by atoms with Crippen molar-refractivity contribution >= 4 is 0 Å². The molecule has 25 heavy (non-hydrogen) atoms. The van der Waals surface area contributed by atoms with E-state index in [0.717, 1.165) is 33.9 Å². The van der Waals surface area contributed by atoms with Crippen LogP contribution in [0.25, 0.3) is 22.6 Å². The Hall–Kier alpha value is -3.33. The molecule has 0 N–H and O–H groups in total. The lowest BCUT2D eigenvalue weighted by Gasteiger charge is -2.07. The molecule has 0 saturated heterocycles. The fourth-order valence-electron chi connectivity index (χ4n) is 2.70. The molecule has 3 heteroatoms. The summed E-state index contributed by atoms with van der Waals surface area (Å²) < 4.78 is 11.4. The lowest BCUT2D eigenvalue weighted by molar-refractivity contribution is 0.306. The Balaban J connectivity index is 1.52. The van der Waals surface area contributed by atoms with Crippen molar-refractivity contribution in [3.8, 4) is 28.3 Å². The van der Waals surface area contributed by atoms with Gasteiger partial charge in [0.15, 0.2) is 12.2 Å². The lowest BCUT2D eigenvalue weighted by Crippen LogP contribution is -1.94. The van der Waals surface area contributed by atoms with Gasteiger partial charge in [-0.05, 0) is 29.8 Å². The van der Waals surface area contributed by atoms with Crippen molar-refractivity contribution < 1.29 is 9.15 Å². The van der Waals surface area contributed by atoms with E-state index in [1.165, 1.54) is 6.39 Å². The van der Waals surface area contributed by atoms with Gasteiger partial charge in [0.25, 0.3) is 0 Å². The van der Waals surface area contributed by atoms with Crippen LogP contribution in [0.5, 0.6) is 5.75 Å². The van der Waals surface area contributed by atoms with Crippen LogP contribution in [0.2, 0.25) is 0 Å². The van der Waals surface area contributed by atoms with Gasteiger partial charge in [0, 0.05) is 11.1 Å². The largest absolute Gasteiger partial charge is 0.489 e. The zero-order valence-corrected chi connectivity index (χ0v) is 13.6. The van der Waals surface area contributed by atoms with E-state index < -0.39 is 0 Å². The second-order valence-corrected chi connectivity index (χ2v) is 5.69. The molecule has 122 valence electrons. The van der Waals surface area contributed by atoms with Gasteiger partial charge in [-0.2, -0.15) is 0 Å². The number of hydrogen-bond acceptors (Lipinski definition) is 3. The first-order valence-corrected chi connectivity index (χ1v) is 8.16. The van der Waals surface area contributed by atoms with Crippen LogP contribution in [0.15, 0.2) is 95.7 Å². The highest BCUT2D eigenvalue weighted by Gasteiger charge is 2.12. The van der Waals surface area contributed by atoms with Gasteiger partial charge in [-0.3, -0.25) is 0 Å². The summed E-state index contributed by atoms with van der Waals surface area (Å²) in [6.45, 7) is 0.555. The molecule has 4 aromatic rings. The molecule has 0 unspecified atom stereocenters. The molecule has 4 rings (SSSR count). The molecule has 0 radical (unpaired) electrons. The van der Waals surface area contributed by atoms with Gasteiger partial charge in [-0.1, -0.05) is 60.7 Å². The molecular weight excluding hydrogens is 310 g/mol. The minimum Gasteiger partial charge on any atom is -0.489 e. The SMILES string of the molecule is c1ccc(COc2ccc(-c3ncoc3-c3ccccc3)cc2)cc1. The van der Waals surface area contributed by atoms with Crippen LogP contribution < -0.4 is 4.74 Å². The number of benzene rings is 3. The van der Waals surface area contributed by atoms with Crippen LogP contribution >= 0.6 is 0 Å². The van der Waals surface area contributed by atoms with E-state index in [0.29, 0.717) is 6.61 Å². The van der Waals surface area contributed by atoms with Gasteiger partial charge >= 0.3 is 0 Å². The van der Waals surface area contributed by atoms with Crippen molar-refractivity contribution in [2.24, 2.45) is 0 Å². The average molecular weight is 327 g/mol. The summed E-state index contributed by atoms with van der Waals surface area (Å²) in [7, 11) is 0. The fourth-order valence-corrected chi connectivity index (χ4v) is 2.70.